The van der Waals surface area contributed by atoms with Crippen molar-refractivity contribution in [3.63, 3.8) is 0 Å². The van der Waals surface area contributed by atoms with Crippen molar-refractivity contribution >= 4 is 17.5 Å². The van der Waals surface area contributed by atoms with E-state index in [-0.39, 0.29) is 18.2 Å². The number of ether oxygens (including phenoxy) is 2. The minimum atomic E-state index is -0.518. The molecule has 0 spiro atoms. The lowest BCUT2D eigenvalue weighted by atomic mass is 10.2. The predicted molar refractivity (Wildman–Crippen MR) is 108 cm³/mol. The highest BCUT2D eigenvalue weighted by Gasteiger charge is 2.39. The fraction of sp³-hybridized carbons (Fsp3) is 0.364. The van der Waals surface area contributed by atoms with Crippen molar-refractivity contribution in [1.82, 2.24) is 5.32 Å². The molecule has 2 aromatic carbocycles. The molecular weight excluding hydrogens is 356 g/mol. The Hall–Kier alpha value is -2.86. The highest BCUT2D eigenvalue weighted by Crippen LogP contribution is 2.25. The van der Waals surface area contributed by atoms with Crippen LogP contribution in [0.15, 0.2) is 48.5 Å². The highest BCUT2D eigenvalue weighted by atomic mass is 16.5. The van der Waals surface area contributed by atoms with Crippen molar-refractivity contribution in [2.24, 2.45) is 0 Å². The van der Waals surface area contributed by atoms with Crippen LogP contribution < -0.4 is 19.7 Å². The maximum Gasteiger partial charge on any atom is 0.251 e. The van der Waals surface area contributed by atoms with Gasteiger partial charge >= 0.3 is 0 Å². The van der Waals surface area contributed by atoms with Crippen LogP contribution in [0.1, 0.15) is 31.7 Å². The monoisotopic (exact) mass is 382 g/mol. The molecule has 28 heavy (non-hydrogen) atoms. The number of nitrogens with one attached hydrogen (secondary N) is 1. The smallest absolute Gasteiger partial charge is 0.251 e. The van der Waals surface area contributed by atoms with Gasteiger partial charge in [-0.15, -0.1) is 0 Å². The van der Waals surface area contributed by atoms with Crippen molar-refractivity contribution in [3.05, 3.63) is 54.1 Å². The third kappa shape index (κ3) is 4.70. The quantitative estimate of drug-likeness (QED) is 0.532. The van der Waals surface area contributed by atoms with Crippen molar-refractivity contribution < 1.29 is 19.1 Å². The first-order chi connectivity index (χ1) is 13.6. The Morgan fingerprint density at radius 1 is 1.04 bits per heavy atom. The Bertz CT molecular complexity index is 802. The molecule has 1 saturated heterocycles. The summed E-state index contributed by atoms with van der Waals surface area (Å²) in [5.41, 5.74) is 1.60. The fourth-order valence-corrected chi connectivity index (χ4v) is 3.07. The number of nitrogens with zero attached hydrogens (tertiary/aromatic N) is 1. The number of anilines is 1. The van der Waals surface area contributed by atoms with Crippen LogP contribution in [0.25, 0.3) is 0 Å². The first-order valence-electron chi connectivity index (χ1n) is 9.58. The van der Waals surface area contributed by atoms with E-state index in [2.05, 4.69) is 12.2 Å². The standard InChI is InChI=1S/C22H26N2O4/c1-3-4-13-28-19-11-7-17(8-12-19)24-21(25)14-20(22(24)26)23-15-16-5-9-18(27-2)10-6-16/h5-12,20,23H,3-4,13-15H2,1-2H3. The lowest BCUT2D eigenvalue weighted by molar-refractivity contribution is -0.121. The molecule has 2 aromatic rings. The van der Waals surface area contributed by atoms with Gasteiger partial charge < -0.3 is 14.8 Å². The van der Waals surface area contributed by atoms with E-state index in [0.717, 1.165) is 29.9 Å². The van der Waals surface area contributed by atoms with Gasteiger partial charge in [0.05, 0.1) is 31.9 Å². The number of imide groups is 1. The molecule has 0 radical (unpaired) electrons. The van der Waals surface area contributed by atoms with Crippen molar-refractivity contribution in [2.75, 3.05) is 18.6 Å². The van der Waals surface area contributed by atoms with Gasteiger partial charge in [0.1, 0.15) is 11.5 Å². The van der Waals surface area contributed by atoms with Crippen LogP contribution in [0.2, 0.25) is 0 Å². The summed E-state index contributed by atoms with van der Waals surface area (Å²) in [7, 11) is 1.62. The zero-order valence-electron chi connectivity index (χ0n) is 16.3. The summed E-state index contributed by atoms with van der Waals surface area (Å²) in [5.74, 6) is 1.10. The number of carbonyl (C=O) groups is 2. The normalized spacial score (nSPS) is 16.5. The van der Waals surface area contributed by atoms with Crippen LogP contribution in [0, 0.1) is 0 Å². The van der Waals surface area contributed by atoms with Crippen LogP contribution in [0.4, 0.5) is 5.69 Å². The van der Waals surface area contributed by atoms with E-state index in [1.807, 2.05) is 24.3 Å². The van der Waals surface area contributed by atoms with Gasteiger partial charge in [0.25, 0.3) is 5.91 Å². The number of benzene rings is 2. The van der Waals surface area contributed by atoms with E-state index in [1.54, 1.807) is 31.4 Å². The number of hydrogen-bond donors (Lipinski definition) is 1. The van der Waals surface area contributed by atoms with Gasteiger partial charge in [0.15, 0.2) is 0 Å². The first kappa shape index (κ1) is 19.9. The van der Waals surface area contributed by atoms with E-state index in [0.29, 0.717) is 18.8 Å². The molecule has 148 valence electrons. The van der Waals surface area contributed by atoms with Gasteiger partial charge in [0.2, 0.25) is 5.91 Å². The predicted octanol–water partition coefficient (Wildman–Crippen LogP) is 3.30. The largest absolute Gasteiger partial charge is 0.497 e. The van der Waals surface area contributed by atoms with Crippen LogP contribution in [0.3, 0.4) is 0 Å². The molecule has 3 rings (SSSR count). The molecule has 0 aliphatic carbocycles. The molecule has 6 nitrogen and oxygen atoms in total. The summed E-state index contributed by atoms with van der Waals surface area (Å²) >= 11 is 0. The minimum Gasteiger partial charge on any atom is -0.497 e. The summed E-state index contributed by atoms with van der Waals surface area (Å²) in [4.78, 5) is 26.4. The zero-order valence-corrected chi connectivity index (χ0v) is 16.3. The molecule has 1 atom stereocenters. The Morgan fingerprint density at radius 2 is 1.71 bits per heavy atom. The number of rotatable bonds is 9. The van der Waals surface area contributed by atoms with Gasteiger partial charge in [-0.2, -0.15) is 0 Å². The molecule has 1 aliphatic heterocycles. The van der Waals surface area contributed by atoms with Crippen LogP contribution >= 0.6 is 0 Å². The lowest BCUT2D eigenvalue weighted by Crippen LogP contribution is -2.38. The summed E-state index contributed by atoms with van der Waals surface area (Å²) in [6.45, 7) is 3.27. The van der Waals surface area contributed by atoms with Gasteiger partial charge in [-0.1, -0.05) is 25.5 Å². The zero-order chi connectivity index (χ0) is 19.9. The van der Waals surface area contributed by atoms with E-state index >= 15 is 0 Å². The summed E-state index contributed by atoms with van der Waals surface area (Å²) in [5, 5.41) is 3.18. The van der Waals surface area contributed by atoms with Crippen molar-refractivity contribution in [2.45, 2.75) is 38.8 Å². The second-order valence-corrected chi connectivity index (χ2v) is 6.75. The van der Waals surface area contributed by atoms with Gasteiger partial charge in [-0.25, -0.2) is 4.90 Å². The van der Waals surface area contributed by atoms with Crippen molar-refractivity contribution in [3.8, 4) is 11.5 Å². The molecule has 1 heterocycles. The van der Waals surface area contributed by atoms with Gasteiger partial charge in [-0.05, 0) is 48.4 Å². The topological polar surface area (TPSA) is 67.9 Å². The summed E-state index contributed by atoms with van der Waals surface area (Å²) in [6.07, 6.45) is 2.22. The van der Waals surface area contributed by atoms with Gasteiger partial charge in [-0.3, -0.25) is 9.59 Å². The van der Waals surface area contributed by atoms with E-state index in [4.69, 9.17) is 9.47 Å². The molecule has 1 N–H and O–H groups in total. The summed E-state index contributed by atoms with van der Waals surface area (Å²) < 4.78 is 10.8. The van der Waals surface area contributed by atoms with E-state index in [1.165, 1.54) is 4.90 Å². The molecule has 0 bridgehead atoms. The second kappa shape index (κ2) is 9.37. The SMILES string of the molecule is CCCCOc1ccc(N2C(=O)CC(NCc3ccc(OC)cc3)C2=O)cc1. The number of amides is 2. The molecule has 1 unspecified atom stereocenters. The average molecular weight is 382 g/mol. The molecule has 0 aromatic heterocycles. The van der Waals surface area contributed by atoms with Crippen LogP contribution in [-0.4, -0.2) is 31.6 Å². The Balaban J connectivity index is 1.59. The maximum atomic E-state index is 12.7. The molecule has 6 heteroatoms. The van der Waals surface area contributed by atoms with Crippen molar-refractivity contribution in [1.29, 1.82) is 0 Å². The Morgan fingerprint density at radius 3 is 2.36 bits per heavy atom. The number of methoxy groups -OCH3 is 1. The number of hydrogen-bond acceptors (Lipinski definition) is 5. The first-order valence-corrected chi connectivity index (χ1v) is 9.58. The van der Waals surface area contributed by atoms with E-state index < -0.39 is 6.04 Å². The highest BCUT2D eigenvalue weighted by molar-refractivity contribution is 6.22. The second-order valence-electron chi connectivity index (χ2n) is 6.75. The average Bonchev–Trinajstić information content (AvgIpc) is 3.01. The minimum absolute atomic E-state index is 0.156. The van der Waals surface area contributed by atoms with E-state index in [9.17, 15) is 9.59 Å². The molecule has 1 aliphatic rings. The Labute approximate surface area is 165 Å². The maximum absolute atomic E-state index is 12.7. The van der Waals surface area contributed by atoms with Crippen LogP contribution in [-0.2, 0) is 16.1 Å². The molecular formula is C22H26N2O4. The lowest BCUT2D eigenvalue weighted by Gasteiger charge is -2.16. The number of carbonyl (C=O) groups excluding carboxylic acids is 2. The third-order valence-corrected chi connectivity index (χ3v) is 4.72. The van der Waals surface area contributed by atoms with Gasteiger partial charge in [0, 0.05) is 6.54 Å². The Kier molecular flexibility index (Phi) is 6.66. The molecule has 0 saturated carbocycles. The summed E-state index contributed by atoms with van der Waals surface area (Å²) in [6, 6.07) is 14.2. The third-order valence-electron chi connectivity index (χ3n) is 4.72. The molecule has 2 amide bonds. The number of unbranched alkanes of at least 4 members (excludes halogenated alkanes) is 1. The van der Waals surface area contributed by atoms with Crippen LogP contribution in [0.5, 0.6) is 11.5 Å². The fourth-order valence-electron chi connectivity index (χ4n) is 3.07. The molecule has 1 fully saturated rings.